The molecule has 0 bridgehead atoms. The number of halogens is 1. The summed E-state index contributed by atoms with van der Waals surface area (Å²) >= 11 is 0. The standard InChI is InChI=1S/C7H14FO5P/c1-4-12-14(10,13-5-2)6(8)7(9)11-3/h6H,4-5H2,1-3H3. The van der Waals surface area contributed by atoms with Crippen LogP contribution in [0.2, 0.25) is 0 Å². The number of methoxy groups -OCH3 is 1. The summed E-state index contributed by atoms with van der Waals surface area (Å²) in [6.07, 6.45) is 0. The van der Waals surface area contributed by atoms with Crippen LogP contribution in [0.3, 0.4) is 0 Å². The number of carbonyl (C=O) groups is 1. The van der Waals surface area contributed by atoms with Gasteiger partial charge in [0.15, 0.2) is 0 Å². The van der Waals surface area contributed by atoms with E-state index in [1.165, 1.54) is 13.8 Å². The van der Waals surface area contributed by atoms with Crippen LogP contribution in [0.25, 0.3) is 0 Å². The summed E-state index contributed by atoms with van der Waals surface area (Å²) in [6, 6.07) is 0. The average molecular weight is 228 g/mol. The largest absolute Gasteiger partial charge is 0.466 e. The molecule has 0 aromatic rings. The Bertz CT molecular complexity index is 222. The number of alkyl halides is 1. The van der Waals surface area contributed by atoms with E-state index >= 15 is 0 Å². The number of carbonyl (C=O) groups excluding carboxylic acids is 1. The smallest absolute Gasteiger partial charge is 0.376 e. The molecule has 0 radical (unpaired) electrons. The van der Waals surface area contributed by atoms with Crippen LogP contribution in [-0.4, -0.2) is 32.2 Å². The van der Waals surface area contributed by atoms with Gasteiger partial charge in [0.25, 0.3) is 5.91 Å². The van der Waals surface area contributed by atoms with Crippen LogP contribution in [0.15, 0.2) is 0 Å². The first-order valence-electron chi connectivity index (χ1n) is 4.12. The van der Waals surface area contributed by atoms with Gasteiger partial charge in [-0.1, -0.05) is 0 Å². The Morgan fingerprint density at radius 1 is 1.36 bits per heavy atom. The fourth-order valence-corrected chi connectivity index (χ4v) is 2.17. The molecule has 0 aliphatic carbocycles. The lowest BCUT2D eigenvalue weighted by molar-refractivity contribution is -0.144. The second kappa shape index (κ2) is 6.11. The van der Waals surface area contributed by atoms with E-state index in [0.29, 0.717) is 0 Å². The molecule has 1 unspecified atom stereocenters. The van der Waals surface area contributed by atoms with Gasteiger partial charge in [0, 0.05) is 0 Å². The van der Waals surface area contributed by atoms with Gasteiger partial charge in [0.1, 0.15) is 0 Å². The van der Waals surface area contributed by atoms with E-state index in [4.69, 9.17) is 0 Å². The van der Waals surface area contributed by atoms with Crippen LogP contribution in [0, 0.1) is 0 Å². The van der Waals surface area contributed by atoms with Gasteiger partial charge in [0.05, 0.1) is 20.3 Å². The predicted molar refractivity (Wildman–Crippen MR) is 47.8 cm³/mol. The van der Waals surface area contributed by atoms with E-state index in [1.807, 2.05) is 0 Å². The number of hydrogen-bond acceptors (Lipinski definition) is 5. The molecule has 0 N–H and O–H groups in total. The van der Waals surface area contributed by atoms with Crippen LogP contribution in [0.1, 0.15) is 13.8 Å². The van der Waals surface area contributed by atoms with Crippen molar-refractivity contribution in [2.24, 2.45) is 0 Å². The fraction of sp³-hybridized carbons (Fsp3) is 0.857. The molecule has 0 aromatic carbocycles. The van der Waals surface area contributed by atoms with Crippen LogP contribution in [0.4, 0.5) is 4.39 Å². The van der Waals surface area contributed by atoms with E-state index in [1.54, 1.807) is 0 Å². The number of esters is 1. The maximum absolute atomic E-state index is 13.2. The zero-order valence-corrected chi connectivity index (χ0v) is 9.25. The summed E-state index contributed by atoms with van der Waals surface area (Å²) in [5, 5.41) is 0. The Labute approximate surface area is 82.1 Å². The van der Waals surface area contributed by atoms with Gasteiger partial charge in [-0.2, -0.15) is 0 Å². The summed E-state index contributed by atoms with van der Waals surface area (Å²) in [7, 11) is -3.03. The molecule has 0 aliphatic heterocycles. The normalized spacial score (nSPS) is 13.7. The molecule has 84 valence electrons. The number of ether oxygens (including phenoxy) is 1. The highest BCUT2D eigenvalue weighted by molar-refractivity contribution is 7.55. The van der Waals surface area contributed by atoms with E-state index in [9.17, 15) is 13.8 Å². The van der Waals surface area contributed by atoms with E-state index < -0.39 is 19.5 Å². The summed E-state index contributed by atoms with van der Waals surface area (Å²) in [4.78, 5) is 10.8. The van der Waals surface area contributed by atoms with E-state index in [2.05, 4.69) is 13.8 Å². The molecule has 0 aromatic heterocycles. The summed E-state index contributed by atoms with van der Waals surface area (Å²) < 4.78 is 38.2. The minimum atomic E-state index is -4.02. The second-order valence-corrected chi connectivity index (χ2v) is 4.28. The first kappa shape index (κ1) is 13.5. The zero-order chi connectivity index (χ0) is 11.2. The second-order valence-electron chi connectivity index (χ2n) is 2.23. The van der Waals surface area contributed by atoms with Gasteiger partial charge in [-0.25, -0.2) is 9.18 Å². The molecule has 0 heterocycles. The van der Waals surface area contributed by atoms with Gasteiger partial charge in [-0.15, -0.1) is 0 Å². The topological polar surface area (TPSA) is 61.8 Å². The first-order valence-corrected chi connectivity index (χ1v) is 5.73. The van der Waals surface area contributed by atoms with Gasteiger partial charge in [-0.05, 0) is 13.8 Å². The van der Waals surface area contributed by atoms with Crippen molar-refractivity contribution in [1.29, 1.82) is 0 Å². The lowest BCUT2D eigenvalue weighted by Gasteiger charge is -2.18. The Morgan fingerprint density at radius 2 is 1.79 bits per heavy atom. The minimum Gasteiger partial charge on any atom is -0.466 e. The third kappa shape index (κ3) is 3.36. The fourth-order valence-electron chi connectivity index (χ4n) is 0.754. The van der Waals surface area contributed by atoms with E-state index in [-0.39, 0.29) is 13.2 Å². The molecular formula is C7H14FO5P. The van der Waals surface area contributed by atoms with Gasteiger partial charge < -0.3 is 13.8 Å². The van der Waals surface area contributed by atoms with Crippen LogP contribution in [0.5, 0.6) is 0 Å². The van der Waals surface area contributed by atoms with Gasteiger partial charge in [0.2, 0.25) is 0 Å². The van der Waals surface area contributed by atoms with Crippen molar-refractivity contribution in [3.63, 3.8) is 0 Å². The third-order valence-electron chi connectivity index (χ3n) is 1.29. The average Bonchev–Trinajstić information content (AvgIpc) is 2.16. The van der Waals surface area contributed by atoms with Crippen molar-refractivity contribution in [3.8, 4) is 0 Å². The van der Waals surface area contributed by atoms with Crippen molar-refractivity contribution in [2.75, 3.05) is 20.3 Å². The van der Waals surface area contributed by atoms with Gasteiger partial charge >= 0.3 is 13.6 Å². The molecule has 7 heteroatoms. The Kier molecular flexibility index (Phi) is 5.92. The SMILES string of the molecule is CCOP(=O)(OCC)C(F)C(=O)OC. The Balaban J connectivity index is 4.63. The molecule has 0 fully saturated rings. The number of rotatable bonds is 6. The maximum atomic E-state index is 13.2. The van der Waals surface area contributed by atoms with Crippen molar-refractivity contribution >= 4 is 13.6 Å². The zero-order valence-electron chi connectivity index (χ0n) is 8.36. The highest BCUT2D eigenvalue weighted by Crippen LogP contribution is 2.53. The molecule has 0 rings (SSSR count). The molecule has 0 saturated heterocycles. The lowest BCUT2D eigenvalue weighted by Crippen LogP contribution is -2.20. The van der Waals surface area contributed by atoms with Crippen molar-refractivity contribution < 1.29 is 27.5 Å². The molecule has 0 saturated carbocycles. The van der Waals surface area contributed by atoms with Gasteiger partial charge in [-0.3, -0.25) is 4.57 Å². The lowest BCUT2D eigenvalue weighted by atomic mass is 10.8. The quantitative estimate of drug-likeness (QED) is 0.511. The highest BCUT2D eigenvalue weighted by atomic mass is 31.2. The maximum Gasteiger partial charge on any atom is 0.376 e. The van der Waals surface area contributed by atoms with Crippen LogP contribution < -0.4 is 0 Å². The predicted octanol–water partition coefficient (Wildman–Crippen LogP) is 1.72. The summed E-state index contributed by atoms with van der Waals surface area (Å²) in [6.45, 7) is 3.04. The first-order chi connectivity index (χ1) is 6.51. The minimum absolute atomic E-state index is 0.00527. The van der Waals surface area contributed by atoms with Crippen LogP contribution >= 0.6 is 7.60 Å². The molecule has 5 nitrogen and oxygen atoms in total. The van der Waals surface area contributed by atoms with Crippen LogP contribution in [-0.2, 0) is 23.1 Å². The van der Waals surface area contributed by atoms with Crippen molar-refractivity contribution in [3.05, 3.63) is 0 Å². The number of hydrogen-bond donors (Lipinski definition) is 0. The Morgan fingerprint density at radius 3 is 2.07 bits per heavy atom. The monoisotopic (exact) mass is 228 g/mol. The molecule has 14 heavy (non-hydrogen) atoms. The highest BCUT2D eigenvalue weighted by Gasteiger charge is 2.42. The molecule has 0 spiro atoms. The third-order valence-corrected chi connectivity index (χ3v) is 3.29. The van der Waals surface area contributed by atoms with Crippen molar-refractivity contribution in [2.45, 2.75) is 19.8 Å². The van der Waals surface area contributed by atoms with E-state index in [0.717, 1.165) is 7.11 Å². The molecule has 0 aliphatic rings. The van der Waals surface area contributed by atoms with Crippen molar-refractivity contribution in [1.82, 2.24) is 0 Å². The molecule has 1 atom stereocenters. The Hall–Kier alpha value is -0.450. The summed E-state index contributed by atoms with van der Waals surface area (Å²) in [5.41, 5.74) is 0. The summed E-state index contributed by atoms with van der Waals surface area (Å²) in [5.74, 6) is -3.64. The molecule has 0 amide bonds. The molecular weight excluding hydrogens is 214 g/mol.